The van der Waals surface area contributed by atoms with Crippen LogP contribution >= 0.6 is 0 Å². The highest BCUT2D eigenvalue weighted by Crippen LogP contribution is 2.57. The maximum absolute atomic E-state index is 2.43. The Morgan fingerprint density at radius 2 is 1.00 bits per heavy atom. The van der Waals surface area contributed by atoms with Gasteiger partial charge < -0.3 is 4.90 Å². The van der Waals surface area contributed by atoms with Crippen LogP contribution in [0.3, 0.4) is 0 Å². The van der Waals surface area contributed by atoms with E-state index in [1.165, 1.54) is 88.0 Å². The minimum Gasteiger partial charge on any atom is -0.310 e. The molecule has 0 spiro atoms. The third-order valence-corrected chi connectivity index (χ3v) is 13.6. The first-order valence-corrected chi connectivity index (χ1v) is 22.4. The second-order valence-electron chi connectivity index (χ2n) is 17.3. The molecule has 0 aromatic heterocycles. The van der Waals surface area contributed by atoms with E-state index < -0.39 is 5.41 Å². The van der Waals surface area contributed by atoms with Crippen molar-refractivity contribution in [2.24, 2.45) is 5.92 Å². The highest BCUT2D eigenvalue weighted by atomic mass is 15.1. The van der Waals surface area contributed by atoms with E-state index in [2.05, 4.69) is 261 Å². The Morgan fingerprint density at radius 3 is 1.83 bits per heavy atom. The molecule has 10 aromatic rings. The van der Waals surface area contributed by atoms with Gasteiger partial charge in [-0.15, -0.1) is 0 Å². The van der Waals surface area contributed by atoms with Gasteiger partial charge >= 0.3 is 0 Å². The Balaban J connectivity index is 1.02. The second kappa shape index (κ2) is 15.4. The monoisotopic (exact) mass is 815 g/mol. The van der Waals surface area contributed by atoms with Gasteiger partial charge in [0.1, 0.15) is 0 Å². The molecule has 10 aromatic carbocycles. The minimum absolute atomic E-state index is 0.421. The zero-order valence-electron chi connectivity index (χ0n) is 35.7. The lowest BCUT2D eigenvalue weighted by Crippen LogP contribution is -2.28. The molecule has 0 aliphatic heterocycles. The lowest BCUT2D eigenvalue weighted by Gasteiger charge is -2.34. The summed E-state index contributed by atoms with van der Waals surface area (Å²) >= 11 is 0. The molecule has 1 heteroatoms. The van der Waals surface area contributed by atoms with Crippen molar-refractivity contribution in [3.8, 4) is 22.3 Å². The summed E-state index contributed by atoms with van der Waals surface area (Å²) in [5.41, 5.74) is 15.4. The Kier molecular flexibility index (Phi) is 9.09. The first-order valence-electron chi connectivity index (χ1n) is 22.4. The summed E-state index contributed by atoms with van der Waals surface area (Å²) in [4.78, 5) is 2.43. The van der Waals surface area contributed by atoms with Gasteiger partial charge in [-0.3, -0.25) is 0 Å². The van der Waals surface area contributed by atoms with Crippen molar-refractivity contribution < 1.29 is 0 Å². The standard InChI is InChI=1S/C63H45N/c1-43-14-12-16-44(27-26-43)47-28-29-49-41-53(36-32-48(49)40-47)64(52-34-30-46(31-35-52)56-23-13-24-57-55-21-9-8-15-45(55)33-38-58(56)57)54-37-39-62-60(42-54)59-22-10-11-25-61(59)63(62,50-17-4-2-5-18-50)51-19-6-3-7-20-51/h2-43H,1H3/t43-/m0/s1. The fourth-order valence-electron chi connectivity index (χ4n) is 10.6. The maximum Gasteiger partial charge on any atom is 0.0713 e. The van der Waals surface area contributed by atoms with Crippen molar-refractivity contribution in [3.63, 3.8) is 0 Å². The topological polar surface area (TPSA) is 3.24 Å². The number of nitrogens with zero attached hydrogens (tertiary/aromatic N) is 1. The molecule has 64 heavy (non-hydrogen) atoms. The molecule has 0 N–H and O–H groups in total. The van der Waals surface area contributed by atoms with Gasteiger partial charge in [0.25, 0.3) is 0 Å². The van der Waals surface area contributed by atoms with Crippen molar-refractivity contribution >= 4 is 55.0 Å². The molecular formula is C63H45N. The molecule has 302 valence electrons. The Bertz CT molecular complexity index is 3460. The van der Waals surface area contributed by atoms with Crippen LogP contribution < -0.4 is 4.90 Å². The van der Waals surface area contributed by atoms with Crippen LogP contribution in [-0.2, 0) is 5.41 Å². The SMILES string of the molecule is C[C@H]1C=CC=C(c2ccc3cc(N(c4ccc(-c5cccc6c5ccc5ccccc56)cc4)c4ccc5c(c4)-c4ccccc4C5(c4ccccc4)c4ccccc4)ccc3c2)C=C1. The molecule has 0 amide bonds. The molecule has 2 aliphatic rings. The van der Waals surface area contributed by atoms with Gasteiger partial charge in [0.15, 0.2) is 0 Å². The predicted molar refractivity (Wildman–Crippen MR) is 272 cm³/mol. The van der Waals surface area contributed by atoms with Gasteiger partial charge in [-0.05, 0) is 136 Å². The summed E-state index contributed by atoms with van der Waals surface area (Å²) in [5, 5.41) is 7.50. The number of rotatable bonds is 7. The number of allylic oxidation sites excluding steroid dienone is 6. The smallest absolute Gasteiger partial charge is 0.0713 e. The second-order valence-corrected chi connectivity index (χ2v) is 17.3. The highest BCUT2D eigenvalue weighted by Gasteiger charge is 2.46. The number of fused-ring (bicyclic) bond motifs is 7. The van der Waals surface area contributed by atoms with E-state index in [4.69, 9.17) is 0 Å². The molecule has 0 saturated heterocycles. The zero-order valence-corrected chi connectivity index (χ0v) is 35.7. The van der Waals surface area contributed by atoms with Crippen LogP contribution in [0.5, 0.6) is 0 Å². The lowest BCUT2D eigenvalue weighted by molar-refractivity contribution is 0.768. The van der Waals surface area contributed by atoms with Crippen LogP contribution in [0, 0.1) is 5.92 Å². The number of hydrogen-bond acceptors (Lipinski definition) is 1. The number of benzene rings is 10. The van der Waals surface area contributed by atoms with Crippen LogP contribution in [0.1, 0.15) is 34.7 Å². The van der Waals surface area contributed by atoms with Gasteiger partial charge in [-0.1, -0.05) is 213 Å². The van der Waals surface area contributed by atoms with Crippen LogP contribution in [0.25, 0.3) is 60.1 Å². The summed E-state index contributed by atoms with van der Waals surface area (Å²) < 4.78 is 0. The van der Waals surface area contributed by atoms with Crippen LogP contribution in [0.15, 0.2) is 249 Å². The fraction of sp³-hybridized carbons (Fsp3) is 0.0476. The first-order chi connectivity index (χ1) is 31.6. The molecule has 0 heterocycles. The third-order valence-electron chi connectivity index (χ3n) is 13.6. The van der Waals surface area contributed by atoms with E-state index in [-0.39, 0.29) is 0 Å². The van der Waals surface area contributed by atoms with E-state index in [1.807, 2.05) is 0 Å². The first kappa shape index (κ1) is 37.7. The van der Waals surface area contributed by atoms with Crippen molar-refractivity contribution in [2.75, 3.05) is 4.90 Å². The molecule has 0 bridgehead atoms. The maximum atomic E-state index is 2.43. The lowest BCUT2D eigenvalue weighted by atomic mass is 9.68. The molecule has 0 unspecified atom stereocenters. The fourth-order valence-corrected chi connectivity index (χ4v) is 10.6. The average molecular weight is 816 g/mol. The van der Waals surface area contributed by atoms with Crippen molar-refractivity contribution in [3.05, 3.63) is 277 Å². The Hall–Kier alpha value is -8.00. The zero-order chi connectivity index (χ0) is 42.6. The molecule has 0 saturated carbocycles. The molecule has 0 radical (unpaired) electrons. The summed E-state index contributed by atoms with van der Waals surface area (Å²) in [5.74, 6) is 0.421. The van der Waals surface area contributed by atoms with E-state index >= 15 is 0 Å². The van der Waals surface area contributed by atoms with Gasteiger partial charge in [-0.25, -0.2) is 0 Å². The quantitative estimate of drug-likeness (QED) is 0.145. The largest absolute Gasteiger partial charge is 0.310 e. The average Bonchev–Trinajstić information content (AvgIpc) is 3.47. The highest BCUT2D eigenvalue weighted by molar-refractivity contribution is 6.12. The summed E-state index contributed by atoms with van der Waals surface area (Å²) in [7, 11) is 0. The molecule has 2 aliphatic carbocycles. The van der Waals surface area contributed by atoms with Gasteiger partial charge in [-0.2, -0.15) is 0 Å². The van der Waals surface area contributed by atoms with Gasteiger partial charge in [0, 0.05) is 17.1 Å². The van der Waals surface area contributed by atoms with Crippen LogP contribution in [0.2, 0.25) is 0 Å². The predicted octanol–water partition coefficient (Wildman–Crippen LogP) is 16.8. The van der Waals surface area contributed by atoms with Crippen LogP contribution in [-0.4, -0.2) is 0 Å². The van der Waals surface area contributed by atoms with E-state index in [1.54, 1.807) is 0 Å². The van der Waals surface area contributed by atoms with Crippen molar-refractivity contribution in [1.82, 2.24) is 0 Å². The summed E-state index contributed by atoms with van der Waals surface area (Å²) in [6.07, 6.45) is 11.2. The van der Waals surface area contributed by atoms with Gasteiger partial charge in [0.2, 0.25) is 0 Å². The molecular weight excluding hydrogens is 771 g/mol. The minimum atomic E-state index is -0.459. The molecule has 1 atom stereocenters. The summed E-state index contributed by atoms with van der Waals surface area (Å²) in [6, 6.07) is 81.1. The summed E-state index contributed by atoms with van der Waals surface area (Å²) in [6.45, 7) is 2.22. The molecule has 1 nitrogen and oxygen atoms in total. The van der Waals surface area contributed by atoms with E-state index in [0.29, 0.717) is 5.92 Å². The molecule has 0 fully saturated rings. The van der Waals surface area contributed by atoms with E-state index in [9.17, 15) is 0 Å². The van der Waals surface area contributed by atoms with Crippen molar-refractivity contribution in [2.45, 2.75) is 12.3 Å². The number of anilines is 3. The Labute approximate surface area is 375 Å². The normalized spacial score (nSPS) is 14.9. The Morgan fingerprint density at radius 1 is 0.391 bits per heavy atom. The molecule has 12 rings (SSSR count). The van der Waals surface area contributed by atoms with Crippen molar-refractivity contribution in [1.29, 1.82) is 0 Å². The van der Waals surface area contributed by atoms with Crippen LogP contribution in [0.4, 0.5) is 17.1 Å². The number of hydrogen-bond donors (Lipinski definition) is 0. The third kappa shape index (κ3) is 6.15. The van der Waals surface area contributed by atoms with E-state index in [0.717, 1.165) is 17.1 Å². The van der Waals surface area contributed by atoms with Gasteiger partial charge in [0.05, 0.1) is 5.41 Å².